The molecular weight excluding hydrogens is 310 g/mol. The third-order valence-corrected chi connectivity index (χ3v) is 4.34. The molecule has 128 valence electrons. The lowest BCUT2D eigenvalue weighted by Crippen LogP contribution is -2.49. The Morgan fingerprint density at radius 3 is 2.71 bits per heavy atom. The van der Waals surface area contributed by atoms with Gasteiger partial charge in [-0.1, -0.05) is 12.1 Å². The molecule has 0 spiro atoms. The number of hydrogen-bond donors (Lipinski definition) is 1. The van der Waals surface area contributed by atoms with Gasteiger partial charge in [0.2, 0.25) is 0 Å². The molecule has 2 aromatic rings. The van der Waals surface area contributed by atoms with Gasteiger partial charge in [-0.3, -0.25) is 0 Å². The van der Waals surface area contributed by atoms with Crippen LogP contribution >= 0.6 is 0 Å². The molecule has 1 atom stereocenters. The maximum Gasteiger partial charge on any atom is 0.328 e. The summed E-state index contributed by atoms with van der Waals surface area (Å²) in [5.41, 5.74) is 1.65. The van der Waals surface area contributed by atoms with Crippen LogP contribution in [0, 0.1) is 0 Å². The van der Waals surface area contributed by atoms with Crippen molar-refractivity contribution in [2.75, 3.05) is 20.2 Å². The number of carbonyl (C=O) groups is 2. The Kier molecular flexibility index (Phi) is 4.69. The molecule has 0 unspecified atom stereocenters. The standard InChI is InChI=1S/C17H21N3O4/c1-11(16(21)23-2)18-17(22)20-9-7-12(8-10-20)15-19-13-5-3-4-6-14(13)24-15/h3-6,11-12H,7-10H2,1-2H3,(H,18,22)/t11-/m1/s1. The zero-order valence-electron chi connectivity index (χ0n) is 13.8. The number of hydrogen-bond acceptors (Lipinski definition) is 5. The molecular formula is C17H21N3O4. The van der Waals surface area contributed by atoms with E-state index in [0.29, 0.717) is 13.1 Å². The number of likely N-dealkylation sites (tertiary alicyclic amines) is 1. The average Bonchev–Trinajstić information content (AvgIpc) is 3.05. The van der Waals surface area contributed by atoms with Gasteiger partial charge in [0.15, 0.2) is 11.5 Å². The van der Waals surface area contributed by atoms with E-state index in [9.17, 15) is 9.59 Å². The van der Waals surface area contributed by atoms with E-state index in [0.717, 1.165) is 29.8 Å². The number of nitrogens with one attached hydrogen (secondary N) is 1. The fourth-order valence-electron chi connectivity index (χ4n) is 2.91. The first-order chi connectivity index (χ1) is 11.6. The lowest BCUT2D eigenvalue weighted by atomic mass is 9.97. The number of fused-ring (bicyclic) bond motifs is 1. The fraction of sp³-hybridized carbons (Fsp3) is 0.471. The first kappa shape index (κ1) is 16.3. The summed E-state index contributed by atoms with van der Waals surface area (Å²) in [6, 6.07) is 6.79. The molecule has 0 radical (unpaired) electrons. The van der Waals surface area contributed by atoms with Crippen molar-refractivity contribution >= 4 is 23.1 Å². The highest BCUT2D eigenvalue weighted by atomic mass is 16.5. The van der Waals surface area contributed by atoms with Crippen LogP contribution in [0.4, 0.5) is 4.79 Å². The average molecular weight is 331 g/mol. The Morgan fingerprint density at radius 1 is 1.33 bits per heavy atom. The van der Waals surface area contributed by atoms with Gasteiger partial charge in [-0.15, -0.1) is 0 Å². The summed E-state index contributed by atoms with van der Waals surface area (Å²) in [5, 5.41) is 2.65. The third-order valence-electron chi connectivity index (χ3n) is 4.34. The van der Waals surface area contributed by atoms with Crippen LogP contribution in [0.15, 0.2) is 28.7 Å². The summed E-state index contributed by atoms with van der Waals surface area (Å²) >= 11 is 0. The maximum absolute atomic E-state index is 12.2. The largest absolute Gasteiger partial charge is 0.467 e. The van der Waals surface area contributed by atoms with Gasteiger partial charge < -0.3 is 19.4 Å². The first-order valence-electron chi connectivity index (χ1n) is 8.07. The second-order valence-electron chi connectivity index (χ2n) is 5.98. The molecule has 1 aliphatic heterocycles. The molecule has 0 saturated carbocycles. The smallest absolute Gasteiger partial charge is 0.328 e. The van der Waals surface area contributed by atoms with Gasteiger partial charge in [-0.25, -0.2) is 14.6 Å². The van der Waals surface area contributed by atoms with E-state index in [4.69, 9.17) is 4.42 Å². The van der Waals surface area contributed by atoms with Crippen LogP contribution in [0.5, 0.6) is 0 Å². The van der Waals surface area contributed by atoms with E-state index in [1.54, 1.807) is 11.8 Å². The van der Waals surface area contributed by atoms with Crippen LogP contribution in [0.25, 0.3) is 11.1 Å². The summed E-state index contributed by atoms with van der Waals surface area (Å²) < 4.78 is 10.4. The number of amides is 2. The highest BCUT2D eigenvalue weighted by Gasteiger charge is 2.28. The van der Waals surface area contributed by atoms with E-state index in [2.05, 4.69) is 15.0 Å². The quantitative estimate of drug-likeness (QED) is 0.872. The molecule has 0 aliphatic carbocycles. The van der Waals surface area contributed by atoms with Crippen molar-refractivity contribution < 1.29 is 18.7 Å². The van der Waals surface area contributed by atoms with Gasteiger partial charge >= 0.3 is 12.0 Å². The van der Waals surface area contributed by atoms with Crippen LogP contribution in [0.1, 0.15) is 31.6 Å². The second kappa shape index (κ2) is 6.90. The molecule has 1 aromatic carbocycles. The molecule has 1 saturated heterocycles. The van der Waals surface area contributed by atoms with E-state index in [1.165, 1.54) is 7.11 Å². The van der Waals surface area contributed by atoms with Crippen LogP contribution in [0.2, 0.25) is 0 Å². The van der Waals surface area contributed by atoms with Crippen molar-refractivity contribution in [1.82, 2.24) is 15.2 Å². The predicted octanol–water partition coefficient (Wildman–Crippen LogP) is 2.28. The van der Waals surface area contributed by atoms with Gasteiger partial charge in [-0.2, -0.15) is 0 Å². The molecule has 1 aliphatic rings. The van der Waals surface area contributed by atoms with Crippen molar-refractivity contribution in [1.29, 1.82) is 0 Å². The SMILES string of the molecule is COC(=O)[C@@H](C)NC(=O)N1CCC(c2nc3ccccc3o2)CC1. The van der Waals surface area contributed by atoms with Gasteiger partial charge in [-0.05, 0) is 31.9 Å². The van der Waals surface area contributed by atoms with Gasteiger partial charge in [0.1, 0.15) is 11.6 Å². The number of carbonyl (C=O) groups excluding carboxylic acids is 2. The number of esters is 1. The molecule has 7 nitrogen and oxygen atoms in total. The van der Waals surface area contributed by atoms with Crippen molar-refractivity contribution in [3.63, 3.8) is 0 Å². The number of rotatable bonds is 3. The Labute approximate surface area is 140 Å². The second-order valence-corrected chi connectivity index (χ2v) is 5.98. The summed E-state index contributed by atoms with van der Waals surface area (Å²) in [6.45, 7) is 2.81. The normalized spacial score (nSPS) is 16.8. The molecule has 1 fully saturated rings. The summed E-state index contributed by atoms with van der Waals surface area (Å²) in [5.74, 6) is 0.489. The highest BCUT2D eigenvalue weighted by Crippen LogP contribution is 2.29. The number of oxazole rings is 1. The van der Waals surface area contributed by atoms with E-state index in [-0.39, 0.29) is 11.9 Å². The van der Waals surface area contributed by atoms with Crippen LogP contribution < -0.4 is 5.32 Å². The molecule has 3 rings (SSSR count). The zero-order valence-corrected chi connectivity index (χ0v) is 13.8. The Hall–Kier alpha value is -2.57. The summed E-state index contributed by atoms with van der Waals surface area (Å²) in [6.07, 6.45) is 1.57. The number of ether oxygens (including phenoxy) is 1. The van der Waals surface area contributed by atoms with E-state index < -0.39 is 12.0 Å². The Morgan fingerprint density at radius 2 is 2.04 bits per heavy atom. The third kappa shape index (κ3) is 3.34. The minimum atomic E-state index is -0.655. The van der Waals surface area contributed by atoms with Gasteiger partial charge in [0.25, 0.3) is 0 Å². The number of para-hydroxylation sites is 2. The van der Waals surface area contributed by atoms with Crippen LogP contribution in [0.3, 0.4) is 0 Å². The Balaban J connectivity index is 1.57. The minimum absolute atomic E-state index is 0.208. The molecule has 24 heavy (non-hydrogen) atoms. The van der Waals surface area contributed by atoms with Gasteiger partial charge in [0.05, 0.1) is 7.11 Å². The highest BCUT2D eigenvalue weighted by molar-refractivity contribution is 5.83. The molecule has 2 heterocycles. The monoisotopic (exact) mass is 331 g/mol. The summed E-state index contributed by atoms with van der Waals surface area (Å²) in [7, 11) is 1.30. The molecule has 0 bridgehead atoms. The molecule has 1 aromatic heterocycles. The lowest BCUT2D eigenvalue weighted by Gasteiger charge is -2.31. The molecule has 2 amide bonds. The number of aromatic nitrogens is 1. The number of benzene rings is 1. The predicted molar refractivity (Wildman–Crippen MR) is 87.6 cm³/mol. The topological polar surface area (TPSA) is 84.7 Å². The first-order valence-corrected chi connectivity index (χ1v) is 8.07. The number of nitrogens with zero attached hydrogens (tertiary/aromatic N) is 2. The van der Waals surface area contributed by atoms with Crippen LogP contribution in [-0.4, -0.2) is 48.1 Å². The van der Waals surface area contributed by atoms with E-state index >= 15 is 0 Å². The van der Waals surface area contributed by atoms with Gasteiger partial charge in [0, 0.05) is 19.0 Å². The van der Waals surface area contributed by atoms with Crippen LogP contribution in [-0.2, 0) is 9.53 Å². The molecule has 1 N–H and O–H groups in total. The van der Waals surface area contributed by atoms with Crippen molar-refractivity contribution in [2.24, 2.45) is 0 Å². The lowest BCUT2D eigenvalue weighted by molar-refractivity contribution is -0.142. The van der Waals surface area contributed by atoms with Crippen molar-refractivity contribution in [3.8, 4) is 0 Å². The minimum Gasteiger partial charge on any atom is -0.467 e. The van der Waals surface area contributed by atoms with E-state index in [1.807, 2.05) is 24.3 Å². The number of methoxy groups -OCH3 is 1. The number of piperidine rings is 1. The molecule has 7 heteroatoms. The number of urea groups is 1. The van der Waals surface area contributed by atoms with Crippen molar-refractivity contribution in [3.05, 3.63) is 30.2 Å². The summed E-state index contributed by atoms with van der Waals surface area (Å²) in [4.78, 5) is 29.8. The van der Waals surface area contributed by atoms with Crippen molar-refractivity contribution in [2.45, 2.75) is 31.7 Å². The fourth-order valence-corrected chi connectivity index (χ4v) is 2.91. The Bertz CT molecular complexity index is 701. The zero-order chi connectivity index (χ0) is 17.1. The maximum atomic E-state index is 12.2.